The van der Waals surface area contributed by atoms with Gasteiger partial charge in [-0.1, -0.05) is 32.0 Å². The fourth-order valence-corrected chi connectivity index (χ4v) is 1.35. The molecule has 2 atom stereocenters. The van der Waals surface area contributed by atoms with Crippen LogP contribution in [-0.2, 0) is 0 Å². The van der Waals surface area contributed by atoms with Crippen molar-refractivity contribution in [3.63, 3.8) is 0 Å². The van der Waals surface area contributed by atoms with Crippen molar-refractivity contribution in [3.8, 4) is 5.75 Å². The molecule has 0 bridgehead atoms. The smallest absolute Gasteiger partial charge is 0.125 e. The summed E-state index contributed by atoms with van der Waals surface area (Å²) in [5.74, 6) is 0.740. The summed E-state index contributed by atoms with van der Waals surface area (Å²) in [4.78, 5) is 0. The lowest BCUT2D eigenvalue weighted by Crippen LogP contribution is -2.38. The van der Waals surface area contributed by atoms with Crippen LogP contribution in [0.2, 0.25) is 0 Å². The van der Waals surface area contributed by atoms with Crippen LogP contribution in [0.15, 0.2) is 24.3 Å². The summed E-state index contributed by atoms with van der Waals surface area (Å²) in [7, 11) is 0. The lowest BCUT2D eigenvalue weighted by atomic mass is 9.94. The van der Waals surface area contributed by atoms with E-state index in [1.165, 1.54) is 0 Å². The number of benzene rings is 1. The van der Waals surface area contributed by atoms with Crippen LogP contribution in [0, 0.1) is 5.92 Å². The largest absolute Gasteiger partial charge is 0.490 e. The van der Waals surface area contributed by atoms with Crippen LogP contribution >= 0.6 is 0 Å². The number of hydrogen-bond acceptors (Lipinski definition) is 3. The number of ether oxygens (including phenoxy) is 1. The first-order chi connectivity index (χ1) is 7.84. The van der Waals surface area contributed by atoms with Gasteiger partial charge in [-0.05, 0) is 25.8 Å². The predicted octanol–water partition coefficient (Wildman–Crippen LogP) is 2.53. The Balaban J connectivity index is 2.76. The van der Waals surface area contributed by atoms with Gasteiger partial charge in [-0.15, -0.1) is 0 Å². The Hall–Kier alpha value is -1.06. The Morgan fingerprint density at radius 3 is 2.35 bits per heavy atom. The molecule has 1 unspecified atom stereocenters. The van der Waals surface area contributed by atoms with E-state index in [1.807, 2.05) is 32.0 Å². The minimum absolute atomic E-state index is 0.112. The molecule has 2 N–H and O–H groups in total. The van der Waals surface area contributed by atoms with Gasteiger partial charge in [0.25, 0.3) is 0 Å². The minimum Gasteiger partial charge on any atom is -0.490 e. The molecule has 1 aromatic rings. The summed E-state index contributed by atoms with van der Waals surface area (Å²) in [6.07, 6.45) is -0.574. The van der Waals surface area contributed by atoms with Gasteiger partial charge in [0.15, 0.2) is 0 Å². The van der Waals surface area contributed by atoms with Crippen LogP contribution in [0.5, 0.6) is 5.75 Å². The molecule has 0 saturated carbocycles. The second-order valence-electron chi connectivity index (χ2n) is 5.01. The van der Waals surface area contributed by atoms with E-state index >= 15 is 0 Å². The Kier molecular flexibility index (Phi) is 4.54. The Morgan fingerprint density at radius 1 is 1.24 bits per heavy atom. The lowest BCUT2D eigenvalue weighted by molar-refractivity contribution is -0.0273. The number of hydrogen-bond donors (Lipinski definition) is 2. The molecule has 0 fully saturated rings. The standard InChI is InChI=1S/C14H22O3/c1-10(2)14(4,16)9-17-13-8-6-5-7-12(13)11(3)15/h5-8,10-11,15-16H,9H2,1-4H3/t11-,14?/m1/s1. The molecule has 1 aromatic carbocycles. The average molecular weight is 238 g/mol. The van der Waals surface area contributed by atoms with Gasteiger partial charge in [-0.2, -0.15) is 0 Å². The normalized spacial score (nSPS) is 16.6. The predicted molar refractivity (Wildman–Crippen MR) is 68.0 cm³/mol. The van der Waals surface area contributed by atoms with Crippen molar-refractivity contribution in [2.75, 3.05) is 6.61 Å². The third-order valence-electron chi connectivity index (χ3n) is 3.13. The molecule has 0 heterocycles. The van der Waals surface area contributed by atoms with E-state index in [9.17, 15) is 10.2 Å². The Morgan fingerprint density at radius 2 is 1.82 bits per heavy atom. The van der Waals surface area contributed by atoms with E-state index in [2.05, 4.69) is 0 Å². The summed E-state index contributed by atoms with van der Waals surface area (Å²) in [6.45, 7) is 7.56. The molecule has 0 aliphatic carbocycles. The molecule has 96 valence electrons. The minimum atomic E-state index is -0.869. The first-order valence-electron chi connectivity index (χ1n) is 5.96. The highest BCUT2D eigenvalue weighted by atomic mass is 16.5. The number of aliphatic hydroxyl groups excluding tert-OH is 1. The van der Waals surface area contributed by atoms with E-state index in [-0.39, 0.29) is 12.5 Å². The van der Waals surface area contributed by atoms with Gasteiger partial charge >= 0.3 is 0 Å². The summed E-state index contributed by atoms with van der Waals surface area (Å²) in [5.41, 5.74) is -0.127. The van der Waals surface area contributed by atoms with Crippen molar-refractivity contribution >= 4 is 0 Å². The molecule has 3 heteroatoms. The van der Waals surface area contributed by atoms with Crippen molar-refractivity contribution in [2.24, 2.45) is 5.92 Å². The fourth-order valence-electron chi connectivity index (χ4n) is 1.35. The van der Waals surface area contributed by atoms with Crippen LogP contribution in [0.3, 0.4) is 0 Å². The zero-order chi connectivity index (χ0) is 13.1. The van der Waals surface area contributed by atoms with Crippen LogP contribution in [0.4, 0.5) is 0 Å². The van der Waals surface area contributed by atoms with E-state index in [0.29, 0.717) is 5.75 Å². The Labute approximate surface area is 103 Å². The molecular formula is C14H22O3. The van der Waals surface area contributed by atoms with E-state index < -0.39 is 11.7 Å². The van der Waals surface area contributed by atoms with Crippen LogP contribution in [0.1, 0.15) is 39.4 Å². The second-order valence-corrected chi connectivity index (χ2v) is 5.01. The Bertz CT molecular complexity index is 356. The van der Waals surface area contributed by atoms with Crippen molar-refractivity contribution in [1.82, 2.24) is 0 Å². The summed E-state index contributed by atoms with van der Waals surface area (Å²) in [5, 5.41) is 19.7. The van der Waals surface area contributed by atoms with Crippen molar-refractivity contribution in [1.29, 1.82) is 0 Å². The number of para-hydroxylation sites is 1. The topological polar surface area (TPSA) is 49.7 Å². The van der Waals surface area contributed by atoms with Gasteiger partial charge in [0.2, 0.25) is 0 Å². The van der Waals surface area contributed by atoms with Gasteiger partial charge in [0.05, 0.1) is 11.7 Å². The third-order valence-corrected chi connectivity index (χ3v) is 3.13. The van der Waals surface area contributed by atoms with E-state index in [4.69, 9.17) is 4.74 Å². The second kappa shape index (κ2) is 5.52. The molecule has 0 aromatic heterocycles. The van der Waals surface area contributed by atoms with Gasteiger partial charge < -0.3 is 14.9 Å². The molecule has 17 heavy (non-hydrogen) atoms. The zero-order valence-electron chi connectivity index (χ0n) is 11.0. The van der Waals surface area contributed by atoms with Crippen molar-refractivity contribution in [2.45, 2.75) is 39.4 Å². The maximum absolute atomic E-state index is 10.1. The van der Waals surface area contributed by atoms with Crippen LogP contribution < -0.4 is 4.74 Å². The number of aliphatic hydroxyl groups is 2. The molecule has 0 aliphatic rings. The molecule has 1 rings (SSSR count). The van der Waals surface area contributed by atoms with Crippen molar-refractivity contribution in [3.05, 3.63) is 29.8 Å². The molecule has 0 saturated heterocycles. The highest BCUT2D eigenvalue weighted by molar-refractivity contribution is 5.34. The molecule has 3 nitrogen and oxygen atoms in total. The molecule has 0 radical (unpaired) electrons. The number of rotatable bonds is 5. The van der Waals surface area contributed by atoms with Gasteiger partial charge in [0, 0.05) is 5.56 Å². The SMILES string of the molecule is CC(C)C(C)(O)COc1ccccc1[C@@H](C)O. The molecule has 0 spiro atoms. The van der Waals surface area contributed by atoms with Gasteiger partial charge in [0.1, 0.15) is 12.4 Å². The summed E-state index contributed by atoms with van der Waals surface area (Å²) >= 11 is 0. The molecule has 0 amide bonds. The highest BCUT2D eigenvalue weighted by Crippen LogP contribution is 2.26. The molecular weight excluding hydrogens is 216 g/mol. The van der Waals surface area contributed by atoms with Crippen molar-refractivity contribution < 1.29 is 14.9 Å². The van der Waals surface area contributed by atoms with Gasteiger partial charge in [-0.25, -0.2) is 0 Å². The van der Waals surface area contributed by atoms with E-state index in [1.54, 1.807) is 19.9 Å². The van der Waals surface area contributed by atoms with Gasteiger partial charge in [-0.3, -0.25) is 0 Å². The third kappa shape index (κ3) is 3.72. The lowest BCUT2D eigenvalue weighted by Gasteiger charge is -2.28. The highest BCUT2D eigenvalue weighted by Gasteiger charge is 2.26. The van der Waals surface area contributed by atoms with E-state index in [0.717, 1.165) is 5.56 Å². The first kappa shape index (κ1) is 14.0. The average Bonchev–Trinajstić information content (AvgIpc) is 2.26. The molecule has 0 aliphatic heterocycles. The summed E-state index contributed by atoms with van der Waals surface area (Å²) < 4.78 is 5.61. The zero-order valence-corrected chi connectivity index (χ0v) is 11.0. The summed E-state index contributed by atoms with van der Waals surface area (Å²) in [6, 6.07) is 7.34. The monoisotopic (exact) mass is 238 g/mol. The van der Waals surface area contributed by atoms with Crippen LogP contribution in [-0.4, -0.2) is 22.4 Å². The maximum atomic E-state index is 10.1. The fraction of sp³-hybridized carbons (Fsp3) is 0.571. The first-order valence-corrected chi connectivity index (χ1v) is 5.96. The van der Waals surface area contributed by atoms with Crippen LogP contribution in [0.25, 0.3) is 0 Å². The quantitative estimate of drug-likeness (QED) is 0.828. The maximum Gasteiger partial charge on any atom is 0.125 e.